The second-order valence-corrected chi connectivity index (χ2v) is 8.86. The van der Waals surface area contributed by atoms with Crippen LogP contribution in [0.5, 0.6) is 0 Å². The lowest BCUT2D eigenvalue weighted by Gasteiger charge is -2.14. The molecule has 0 atom stereocenters. The number of aryl methyl sites for hydroxylation is 4. The number of amides is 1. The van der Waals surface area contributed by atoms with Crippen molar-refractivity contribution >= 4 is 39.2 Å². The van der Waals surface area contributed by atoms with E-state index in [0.29, 0.717) is 17.1 Å². The van der Waals surface area contributed by atoms with Crippen molar-refractivity contribution in [3.05, 3.63) is 50.1 Å². The lowest BCUT2D eigenvalue weighted by molar-refractivity contribution is -0.118. The van der Waals surface area contributed by atoms with Crippen molar-refractivity contribution < 1.29 is 4.79 Å². The van der Waals surface area contributed by atoms with Gasteiger partial charge in [0.05, 0.1) is 16.8 Å². The van der Waals surface area contributed by atoms with Crippen molar-refractivity contribution in [1.29, 1.82) is 0 Å². The van der Waals surface area contributed by atoms with E-state index < -0.39 is 0 Å². The molecule has 0 aliphatic carbocycles. The number of thioether (sulfide) groups is 1. The molecule has 0 unspecified atom stereocenters. The first-order valence-corrected chi connectivity index (χ1v) is 11.2. The summed E-state index contributed by atoms with van der Waals surface area (Å²) in [5.41, 5.74) is 4.07. The van der Waals surface area contributed by atoms with Gasteiger partial charge in [-0.2, -0.15) is 0 Å². The summed E-state index contributed by atoms with van der Waals surface area (Å²) in [5, 5.41) is 4.04. The number of carbonyl (C=O) groups is 1. The minimum atomic E-state index is -0.0647. The van der Waals surface area contributed by atoms with Crippen LogP contribution in [0.15, 0.2) is 28.2 Å². The van der Waals surface area contributed by atoms with E-state index >= 15 is 0 Å². The molecule has 2 heterocycles. The molecule has 1 aromatic carbocycles. The molecule has 0 saturated heterocycles. The Morgan fingerprint density at radius 2 is 1.96 bits per heavy atom. The average Bonchev–Trinajstić information content (AvgIpc) is 2.98. The number of benzene rings is 1. The Labute approximate surface area is 173 Å². The van der Waals surface area contributed by atoms with Crippen molar-refractivity contribution in [3.63, 3.8) is 0 Å². The van der Waals surface area contributed by atoms with E-state index in [2.05, 4.69) is 12.2 Å². The van der Waals surface area contributed by atoms with Gasteiger partial charge in [-0.25, -0.2) is 4.98 Å². The Morgan fingerprint density at radius 3 is 2.61 bits per heavy atom. The quantitative estimate of drug-likeness (QED) is 0.485. The van der Waals surface area contributed by atoms with E-state index in [1.54, 1.807) is 15.9 Å². The van der Waals surface area contributed by atoms with E-state index in [0.717, 1.165) is 32.9 Å². The zero-order chi connectivity index (χ0) is 20.4. The van der Waals surface area contributed by atoms with E-state index in [1.165, 1.54) is 17.3 Å². The third-order valence-electron chi connectivity index (χ3n) is 4.80. The van der Waals surface area contributed by atoms with Crippen LogP contribution in [0, 0.1) is 20.8 Å². The summed E-state index contributed by atoms with van der Waals surface area (Å²) < 4.78 is 1.66. The first kappa shape index (κ1) is 20.6. The summed E-state index contributed by atoms with van der Waals surface area (Å²) in [4.78, 5) is 32.2. The molecule has 2 aromatic heterocycles. The van der Waals surface area contributed by atoms with Gasteiger partial charge in [-0.1, -0.05) is 24.8 Å². The summed E-state index contributed by atoms with van der Waals surface area (Å²) in [5.74, 6) is 0.159. The average molecular weight is 416 g/mol. The van der Waals surface area contributed by atoms with Gasteiger partial charge in [-0.3, -0.25) is 14.2 Å². The molecule has 3 rings (SSSR count). The van der Waals surface area contributed by atoms with Gasteiger partial charge >= 0.3 is 0 Å². The predicted octanol–water partition coefficient (Wildman–Crippen LogP) is 4.16. The summed E-state index contributed by atoms with van der Waals surface area (Å²) in [6.45, 7) is 10.6. The van der Waals surface area contributed by atoms with Gasteiger partial charge in [0.25, 0.3) is 5.56 Å². The molecule has 0 spiro atoms. The summed E-state index contributed by atoms with van der Waals surface area (Å²) in [7, 11) is 0. The normalized spacial score (nSPS) is 11.2. The summed E-state index contributed by atoms with van der Waals surface area (Å²) in [6, 6.07) is 5.96. The predicted molar refractivity (Wildman–Crippen MR) is 118 cm³/mol. The van der Waals surface area contributed by atoms with E-state index in [1.807, 2.05) is 45.9 Å². The highest BCUT2D eigenvalue weighted by molar-refractivity contribution is 7.99. The third kappa shape index (κ3) is 3.86. The first-order valence-electron chi connectivity index (χ1n) is 9.39. The summed E-state index contributed by atoms with van der Waals surface area (Å²) in [6.07, 6.45) is 0.793. The van der Waals surface area contributed by atoms with Crippen molar-refractivity contribution in [1.82, 2.24) is 14.9 Å². The van der Waals surface area contributed by atoms with Crippen LogP contribution >= 0.6 is 23.1 Å². The number of hydrogen-bond donors (Lipinski definition) is 1. The van der Waals surface area contributed by atoms with Crippen molar-refractivity contribution in [2.45, 2.75) is 46.2 Å². The smallest absolute Gasteiger partial charge is 0.267 e. The molecule has 1 amide bonds. The van der Waals surface area contributed by atoms with Crippen LogP contribution in [0.3, 0.4) is 0 Å². The molecule has 0 fully saturated rings. The van der Waals surface area contributed by atoms with E-state index in [-0.39, 0.29) is 17.2 Å². The van der Waals surface area contributed by atoms with Crippen molar-refractivity contribution in [2.75, 3.05) is 12.3 Å². The molecular formula is C21H25N3O2S2. The molecule has 7 heteroatoms. The number of nitrogens with one attached hydrogen (secondary N) is 1. The zero-order valence-corrected chi connectivity index (χ0v) is 18.5. The number of carbonyl (C=O) groups excluding carboxylic acids is 1. The molecule has 0 radical (unpaired) electrons. The summed E-state index contributed by atoms with van der Waals surface area (Å²) >= 11 is 2.85. The Morgan fingerprint density at radius 1 is 1.21 bits per heavy atom. The van der Waals surface area contributed by atoms with Gasteiger partial charge in [0.2, 0.25) is 5.91 Å². The number of aromatic nitrogens is 2. The number of thiophene rings is 1. The highest BCUT2D eigenvalue weighted by atomic mass is 32.2. The van der Waals surface area contributed by atoms with Crippen molar-refractivity contribution in [2.24, 2.45) is 0 Å². The van der Waals surface area contributed by atoms with Crippen molar-refractivity contribution in [3.8, 4) is 5.69 Å². The van der Waals surface area contributed by atoms with Gasteiger partial charge in [-0.15, -0.1) is 11.3 Å². The molecule has 0 saturated carbocycles. The maximum atomic E-state index is 13.5. The number of nitrogens with zero attached hydrogens (tertiary/aromatic N) is 2. The molecule has 3 aromatic rings. The van der Waals surface area contributed by atoms with E-state index in [4.69, 9.17) is 4.98 Å². The molecular weight excluding hydrogens is 390 g/mol. The molecule has 148 valence electrons. The Hall–Kier alpha value is -2.12. The Balaban J connectivity index is 2.22. The standard InChI is InChI=1S/C21H25N3O2S2/c1-6-16-14(5)28-19-18(16)20(26)24(15-9-8-12(3)13(4)10-15)21(23-19)27-11-17(25)22-7-2/h8-10H,6-7,11H2,1-5H3,(H,22,25). The largest absolute Gasteiger partial charge is 0.356 e. The number of hydrogen-bond acceptors (Lipinski definition) is 5. The highest BCUT2D eigenvalue weighted by Gasteiger charge is 2.20. The van der Waals surface area contributed by atoms with Gasteiger partial charge < -0.3 is 5.32 Å². The van der Waals surface area contributed by atoms with Crippen LogP contribution in [-0.4, -0.2) is 27.8 Å². The second-order valence-electron chi connectivity index (χ2n) is 6.72. The molecule has 0 bridgehead atoms. The van der Waals surface area contributed by atoms with Crippen LogP contribution in [0.2, 0.25) is 0 Å². The minimum Gasteiger partial charge on any atom is -0.356 e. The van der Waals surface area contributed by atoms with Gasteiger partial charge in [0.1, 0.15) is 4.83 Å². The van der Waals surface area contributed by atoms with Crippen LogP contribution in [0.1, 0.15) is 35.4 Å². The lowest BCUT2D eigenvalue weighted by Crippen LogP contribution is -2.26. The second kappa shape index (κ2) is 8.49. The maximum Gasteiger partial charge on any atom is 0.267 e. The maximum absolute atomic E-state index is 13.5. The van der Waals surface area contributed by atoms with Gasteiger partial charge in [0, 0.05) is 11.4 Å². The topological polar surface area (TPSA) is 64.0 Å². The van der Waals surface area contributed by atoms with Crippen LogP contribution in [-0.2, 0) is 11.2 Å². The van der Waals surface area contributed by atoms with Gasteiger partial charge in [-0.05, 0) is 62.9 Å². The fraction of sp³-hybridized carbons (Fsp3) is 0.381. The lowest BCUT2D eigenvalue weighted by atomic mass is 10.1. The first-order chi connectivity index (χ1) is 13.4. The Kier molecular flexibility index (Phi) is 6.25. The fourth-order valence-corrected chi connectivity index (χ4v) is 5.19. The molecule has 0 aliphatic rings. The number of rotatable bonds is 6. The highest BCUT2D eigenvalue weighted by Crippen LogP contribution is 2.30. The van der Waals surface area contributed by atoms with Crippen LogP contribution in [0.25, 0.3) is 15.9 Å². The Bertz CT molecular complexity index is 1100. The van der Waals surface area contributed by atoms with E-state index in [9.17, 15) is 9.59 Å². The fourth-order valence-electron chi connectivity index (χ4n) is 3.19. The number of fused-ring (bicyclic) bond motifs is 1. The molecule has 28 heavy (non-hydrogen) atoms. The van der Waals surface area contributed by atoms with Crippen LogP contribution < -0.4 is 10.9 Å². The van der Waals surface area contributed by atoms with Crippen LogP contribution in [0.4, 0.5) is 0 Å². The molecule has 5 nitrogen and oxygen atoms in total. The molecule has 1 N–H and O–H groups in total. The third-order valence-corrected chi connectivity index (χ3v) is 6.78. The van der Waals surface area contributed by atoms with Gasteiger partial charge in [0.15, 0.2) is 5.16 Å². The monoisotopic (exact) mass is 415 g/mol. The SMILES string of the molecule is CCNC(=O)CSc1nc2sc(C)c(CC)c2c(=O)n1-c1ccc(C)c(C)c1. The minimum absolute atomic E-state index is 0.0622. The molecule has 0 aliphatic heterocycles. The zero-order valence-electron chi connectivity index (χ0n) is 16.9.